The van der Waals surface area contributed by atoms with E-state index in [4.69, 9.17) is 4.18 Å². The van der Waals surface area contributed by atoms with Crippen molar-refractivity contribution in [3.63, 3.8) is 0 Å². The molecule has 0 heterocycles. The summed E-state index contributed by atoms with van der Waals surface area (Å²) in [4.78, 5) is 10.2. The second-order valence-corrected chi connectivity index (χ2v) is 7.49. The van der Waals surface area contributed by atoms with Crippen molar-refractivity contribution in [2.45, 2.75) is 38.5 Å². The molecule has 0 aromatic heterocycles. The fourth-order valence-corrected chi connectivity index (χ4v) is 3.27. The Morgan fingerprint density at radius 1 is 1.08 bits per heavy atom. The third kappa shape index (κ3) is 3.73. The zero-order chi connectivity index (χ0) is 18.1. The van der Waals surface area contributed by atoms with Gasteiger partial charge < -0.3 is 4.18 Å². The van der Waals surface area contributed by atoms with Gasteiger partial charge in [-0.1, -0.05) is 32.0 Å². The lowest BCUT2D eigenvalue weighted by Gasteiger charge is -2.14. The van der Waals surface area contributed by atoms with Gasteiger partial charge in [-0.05, 0) is 43.0 Å². The molecule has 2 aromatic carbocycles. The van der Waals surface area contributed by atoms with E-state index >= 15 is 0 Å². The van der Waals surface area contributed by atoms with Crippen molar-refractivity contribution >= 4 is 15.8 Å². The van der Waals surface area contributed by atoms with Gasteiger partial charge in [0, 0.05) is 11.6 Å². The van der Waals surface area contributed by atoms with Crippen LogP contribution in [0.4, 0.5) is 5.69 Å². The summed E-state index contributed by atoms with van der Waals surface area (Å²) < 4.78 is 30.3. The lowest BCUT2D eigenvalue weighted by molar-refractivity contribution is -0.385. The quantitative estimate of drug-likeness (QED) is 0.461. The van der Waals surface area contributed by atoms with Crippen molar-refractivity contribution in [2.24, 2.45) is 0 Å². The van der Waals surface area contributed by atoms with E-state index in [1.807, 2.05) is 32.9 Å². The minimum Gasteiger partial charge on any atom is -0.379 e. The molecule has 0 unspecified atom stereocenters. The monoisotopic (exact) mass is 349 g/mol. The second-order valence-electron chi connectivity index (χ2n) is 5.94. The van der Waals surface area contributed by atoms with E-state index in [9.17, 15) is 18.5 Å². The Morgan fingerprint density at radius 2 is 1.75 bits per heavy atom. The molecule has 0 bridgehead atoms. The Hall–Kier alpha value is -2.41. The van der Waals surface area contributed by atoms with Crippen LogP contribution in [0.25, 0.3) is 0 Å². The first-order valence-corrected chi connectivity index (χ1v) is 8.82. The molecular formula is C17H19NO5S. The number of nitro groups is 1. The first-order valence-electron chi connectivity index (χ1n) is 7.42. The van der Waals surface area contributed by atoms with E-state index in [1.165, 1.54) is 12.1 Å². The molecule has 0 aliphatic heterocycles. The van der Waals surface area contributed by atoms with Crippen LogP contribution in [0.15, 0.2) is 41.3 Å². The van der Waals surface area contributed by atoms with Crippen molar-refractivity contribution in [1.29, 1.82) is 0 Å². The molecule has 2 aromatic rings. The van der Waals surface area contributed by atoms with Gasteiger partial charge >= 0.3 is 10.1 Å². The predicted molar refractivity (Wildman–Crippen MR) is 90.9 cm³/mol. The van der Waals surface area contributed by atoms with E-state index in [0.29, 0.717) is 5.56 Å². The Kier molecular flexibility index (Phi) is 4.94. The maximum atomic E-state index is 12.5. The van der Waals surface area contributed by atoms with Crippen molar-refractivity contribution in [3.8, 4) is 5.75 Å². The van der Waals surface area contributed by atoms with Crippen LogP contribution in [-0.2, 0) is 10.1 Å². The smallest absolute Gasteiger partial charge is 0.339 e. The van der Waals surface area contributed by atoms with Crippen LogP contribution in [0.1, 0.15) is 36.5 Å². The predicted octanol–water partition coefficient (Wildman–Crippen LogP) is 4.10. The molecule has 0 aliphatic carbocycles. The van der Waals surface area contributed by atoms with E-state index in [1.54, 1.807) is 13.0 Å². The number of hydrogen-bond acceptors (Lipinski definition) is 5. The summed E-state index contributed by atoms with van der Waals surface area (Å²) in [5.41, 5.74) is 1.75. The highest BCUT2D eigenvalue weighted by atomic mass is 32.2. The third-order valence-corrected chi connectivity index (χ3v) is 4.89. The average Bonchev–Trinajstić information content (AvgIpc) is 2.46. The van der Waals surface area contributed by atoms with Crippen molar-refractivity contribution < 1.29 is 17.5 Å². The second kappa shape index (κ2) is 6.60. The lowest BCUT2D eigenvalue weighted by Crippen LogP contribution is -2.12. The molecule has 0 saturated heterocycles. The molecule has 0 atom stereocenters. The van der Waals surface area contributed by atoms with Crippen LogP contribution in [-0.4, -0.2) is 13.3 Å². The van der Waals surface area contributed by atoms with Crippen LogP contribution in [0.3, 0.4) is 0 Å². The van der Waals surface area contributed by atoms with Crippen LogP contribution in [0.5, 0.6) is 5.75 Å². The molecule has 128 valence electrons. The zero-order valence-electron chi connectivity index (χ0n) is 13.9. The molecule has 0 N–H and O–H groups in total. The highest BCUT2D eigenvalue weighted by molar-refractivity contribution is 7.87. The summed E-state index contributed by atoms with van der Waals surface area (Å²) in [6.07, 6.45) is 0. The van der Waals surface area contributed by atoms with Gasteiger partial charge in [-0.3, -0.25) is 10.1 Å². The van der Waals surface area contributed by atoms with Crippen LogP contribution in [0.2, 0.25) is 0 Å². The van der Waals surface area contributed by atoms with Gasteiger partial charge in [-0.15, -0.1) is 0 Å². The number of nitro benzene ring substituents is 1. The normalized spacial score (nSPS) is 11.5. The molecule has 0 radical (unpaired) electrons. The number of aryl methyl sites for hydroxylation is 2. The Morgan fingerprint density at radius 3 is 2.33 bits per heavy atom. The Labute approximate surface area is 141 Å². The van der Waals surface area contributed by atoms with E-state index in [2.05, 4.69) is 0 Å². The zero-order valence-corrected chi connectivity index (χ0v) is 14.8. The van der Waals surface area contributed by atoms with Gasteiger partial charge in [-0.2, -0.15) is 8.42 Å². The average molecular weight is 349 g/mol. The van der Waals surface area contributed by atoms with Gasteiger partial charge in [0.15, 0.2) is 0 Å². The summed E-state index contributed by atoms with van der Waals surface area (Å²) in [6.45, 7) is 7.24. The first kappa shape index (κ1) is 17.9. The van der Waals surface area contributed by atoms with Gasteiger partial charge in [-0.25, -0.2) is 0 Å². The fraction of sp³-hybridized carbons (Fsp3) is 0.294. The molecule has 0 amide bonds. The Balaban J connectivity index is 2.48. The van der Waals surface area contributed by atoms with E-state index in [0.717, 1.165) is 17.2 Å². The third-order valence-electron chi connectivity index (χ3n) is 3.66. The van der Waals surface area contributed by atoms with Crippen molar-refractivity contribution in [1.82, 2.24) is 0 Å². The maximum absolute atomic E-state index is 12.5. The maximum Gasteiger partial charge on any atom is 0.339 e. The molecular weight excluding hydrogens is 330 g/mol. The van der Waals surface area contributed by atoms with Gasteiger partial charge in [0.25, 0.3) is 5.69 Å². The van der Waals surface area contributed by atoms with Gasteiger partial charge in [0.1, 0.15) is 10.6 Å². The Bertz CT molecular complexity index is 888. The molecule has 0 fully saturated rings. The van der Waals surface area contributed by atoms with E-state index in [-0.39, 0.29) is 22.3 Å². The standard InChI is InChI=1S/C17H19NO5S/c1-11(2)15-8-5-12(3)9-17(15)23-24(21,22)14-7-6-13(4)16(10-14)18(19)20/h5-11H,1-4H3. The number of hydrogen-bond donors (Lipinski definition) is 0. The number of rotatable bonds is 5. The minimum absolute atomic E-state index is 0.0724. The minimum atomic E-state index is -4.16. The number of nitrogens with zero attached hydrogens (tertiary/aromatic N) is 1. The molecule has 6 nitrogen and oxygen atoms in total. The molecule has 0 spiro atoms. The topological polar surface area (TPSA) is 86.5 Å². The first-order chi connectivity index (χ1) is 11.1. The highest BCUT2D eigenvalue weighted by Crippen LogP contribution is 2.31. The molecule has 2 rings (SSSR count). The summed E-state index contributed by atoms with van der Waals surface area (Å²) in [6, 6.07) is 9.08. The summed E-state index contributed by atoms with van der Waals surface area (Å²) >= 11 is 0. The molecule has 0 aliphatic rings. The van der Waals surface area contributed by atoms with Crippen molar-refractivity contribution in [2.75, 3.05) is 0 Å². The summed E-state index contributed by atoms with van der Waals surface area (Å²) in [5, 5.41) is 11.0. The highest BCUT2D eigenvalue weighted by Gasteiger charge is 2.23. The van der Waals surface area contributed by atoms with Crippen LogP contribution in [0, 0.1) is 24.0 Å². The van der Waals surface area contributed by atoms with Crippen LogP contribution < -0.4 is 4.18 Å². The lowest BCUT2D eigenvalue weighted by atomic mass is 10.0. The molecule has 7 heteroatoms. The van der Waals surface area contributed by atoms with E-state index < -0.39 is 15.0 Å². The van der Waals surface area contributed by atoms with Gasteiger partial charge in [0.05, 0.1) is 4.92 Å². The van der Waals surface area contributed by atoms with Gasteiger partial charge in [0.2, 0.25) is 0 Å². The summed E-state index contributed by atoms with van der Waals surface area (Å²) in [5.74, 6) is 0.316. The molecule has 24 heavy (non-hydrogen) atoms. The molecule has 0 saturated carbocycles. The largest absolute Gasteiger partial charge is 0.379 e. The number of benzene rings is 2. The van der Waals surface area contributed by atoms with Crippen LogP contribution >= 0.6 is 0 Å². The summed E-state index contributed by atoms with van der Waals surface area (Å²) in [7, 11) is -4.16. The van der Waals surface area contributed by atoms with Crippen molar-refractivity contribution in [3.05, 3.63) is 63.2 Å². The fourth-order valence-electron chi connectivity index (χ4n) is 2.30. The SMILES string of the molecule is Cc1ccc(C(C)C)c(OS(=O)(=O)c2ccc(C)c([N+](=O)[O-])c2)c1.